The number of likely N-dealkylation sites (tertiary alicyclic amines) is 1. The van der Waals surface area contributed by atoms with Gasteiger partial charge in [0, 0.05) is 12.2 Å². The molecule has 0 bridgehead atoms. The Bertz CT molecular complexity index is 775. The summed E-state index contributed by atoms with van der Waals surface area (Å²) in [5.41, 5.74) is 2.16. The summed E-state index contributed by atoms with van der Waals surface area (Å²) in [6, 6.07) is 4.98. The van der Waals surface area contributed by atoms with Gasteiger partial charge in [0.2, 0.25) is 5.91 Å². The van der Waals surface area contributed by atoms with Crippen molar-refractivity contribution in [2.45, 2.75) is 39.0 Å². The van der Waals surface area contributed by atoms with E-state index in [1.165, 1.54) is 11.0 Å². The van der Waals surface area contributed by atoms with Crippen molar-refractivity contribution in [1.29, 1.82) is 0 Å². The Morgan fingerprint density at radius 2 is 2.04 bits per heavy atom. The number of aryl methyl sites for hydroxylation is 2. The van der Waals surface area contributed by atoms with E-state index in [0.717, 1.165) is 23.5 Å². The predicted molar refractivity (Wildman–Crippen MR) is 83.1 cm³/mol. The number of amides is 1. The van der Waals surface area contributed by atoms with Crippen molar-refractivity contribution < 1.29 is 18.7 Å². The van der Waals surface area contributed by atoms with Crippen LogP contribution in [0.15, 0.2) is 24.3 Å². The van der Waals surface area contributed by atoms with Crippen LogP contribution in [0.4, 0.5) is 8.78 Å². The van der Waals surface area contributed by atoms with Crippen molar-refractivity contribution in [1.82, 2.24) is 14.7 Å². The van der Waals surface area contributed by atoms with Crippen LogP contribution in [-0.2, 0) is 11.3 Å². The number of hydrogen-bond acceptors (Lipinski definition) is 3. The second-order valence-electron chi connectivity index (χ2n) is 6.21. The van der Waals surface area contributed by atoms with Gasteiger partial charge in [0.05, 0.1) is 17.8 Å². The Morgan fingerprint density at radius 3 is 2.67 bits per heavy atom. The zero-order valence-corrected chi connectivity index (χ0v) is 13.5. The third-order valence-corrected chi connectivity index (χ3v) is 4.32. The molecule has 0 saturated carbocycles. The summed E-state index contributed by atoms with van der Waals surface area (Å²) < 4.78 is 28.2. The zero-order chi connectivity index (χ0) is 17.4. The first kappa shape index (κ1) is 16.6. The first-order valence-corrected chi connectivity index (χ1v) is 7.78. The molecule has 1 amide bonds. The summed E-state index contributed by atoms with van der Waals surface area (Å²) in [4.78, 5) is 14.2. The van der Waals surface area contributed by atoms with Gasteiger partial charge >= 0.3 is 0 Å². The molecule has 0 radical (unpaired) electrons. The number of β-amino-alcohol motifs (C(OH)–C–C–N with tert-alkyl or cyclic N) is 1. The maximum absolute atomic E-state index is 13.5. The number of aliphatic hydroxyl groups is 1. The summed E-state index contributed by atoms with van der Waals surface area (Å²) in [5.74, 6) is -2.11. The van der Waals surface area contributed by atoms with Crippen molar-refractivity contribution in [2.24, 2.45) is 0 Å². The van der Waals surface area contributed by atoms with Crippen LogP contribution in [0.5, 0.6) is 0 Å². The zero-order valence-electron chi connectivity index (χ0n) is 13.5. The normalized spacial score (nSPS) is 20.6. The van der Waals surface area contributed by atoms with Crippen molar-refractivity contribution >= 4 is 5.91 Å². The number of nitrogens with zero attached hydrogens (tertiary/aromatic N) is 3. The van der Waals surface area contributed by atoms with E-state index in [1.54, 1.807) is 4.68 Å². The maximum Gasteiger partial charge on any atom is 0.244 e. The van der Waals surface area contributed by atoms with E-state index in [4.69, 9.17) is 0 Å². The number of aromatic nitrogens is 2. The molecule has 7 heteroatoms. The first-order chi connectivity index (χ1) is 11.3. The van der Waals surface area contributed by atoms with Gasteiger partial charge in [-0.2, -0.15) is 5.10 Å². The summed E-state index contributed by atoms with van der Waals surface area (Å²) in [5, 5.41) is 14.2. The molecule has 1 aliphatic rings. The molecule has 0 spiro atoms. The molecular formula is C17H19F2N3O2. The highest BCUT2D eigenvalue weighted by Gasteiger charge is 2.35. The fourth-order valence-corrected chi connectivity index (χ4v) is 3.18. The highest BCUT2D eigenvalue weighted by Crippen LogP contribution is 2.33. The van der Waals surface area contributed by atoms with Gasteiger partial charge in [-0.3, -0.25) is 9.48 Å². The van der Waals surface area contributed by atoms with Crippen molar-refractivity contribution in [3.05, 3.63) is 52.9 Å². The van der Waals surface area contributed by atoms with Gasteiger partial charge in [-0.1, -0.05) is 6.07 Å². The lowest BCUT2D eigenvalue weighted by Crippen LogP contribution is -2.35. The quantitative estimate of drug-likeness (QED) is 0.935. The topological polar surface area (TPSA) is 58.4 Å². The molecular weight excluding hydrogens is 316 g/mol. The van der Waals surface area contributed by atoms with Gasteiger partial charge < -0.3 is 10.0 Å². The smallest absolute Gasteiger partial charge is 0.244 e. The van der Waals surface area contributed by atoms with Crippen LogP contribution in [0.3, 0.4) is 0 Å². The van der Waals surface area contributed by atoms with E-state index in [-0.39, 0.29) is 19.0 Å². The number of hydrogen-bond donors (Lipinski definition) is 1. The Labute approximate surface area is 138 Å². The first-order valence-electron chi connectivity index (χ1n) is 7.78. The van der Waals surface area contributed by atoms with Crippen molar-refractivity contribution in [3.8, 4) is 0 Å². The van der Waals surface area contributed by atoms with Gasteiger partial charge in [-0.15, -0.1) is 0 Å². The molecule has 5 nitrogen and oxygen atoms in total. The van der Waals surface area contributed by atoms with Crippen LogP contribution in [0.1, 0.15) is 29.4 Å². The van der Waals surface area contributed by atoms with E-state index in [9.17, 15) is 18.7 Å². The maximum atomic E-state index is 13.5. The minimum absolute atomic E-state index is 0.0482. The van der Waals surface area contributed by atoms with Gasteiger partial charge in [-0.05, 0) is 44.0 Å². The molecule has 128 valence electrons. The van der Waals surface area contributed by atoms with E-state index >= 15 is 0 Å². The third-order valence-electron chi connectivity index (χ3n) is 4.32. The molecule has 1 fully saturated rings. The number of carbonyl (C=O) groups is 1. The van der Waals surface area contributed by atoms with Gasteiger partial charge in [0.25, 0.3) is 0 Å². The highest BCUT2D eigenvalue weighted by molar-refractivity contribution is 5.77. The van der Waals surface area contributed by atoms with E-state index < -0.39 is 23.8 Å². The number of carbonyl (C=O) groups excluding carboxylic acids is 1. The molecule has 1 N–H and O–H groups in total. The summed E-state index contributed by atoms with van der Waals surface area (Å²) in [6.07, 6.45) is -0.388. The Kier molecular flexibility index (Phi) is 4.36. The standard InChI is InChI=1S/C17H19F2N3O2/c1-10-5-11(2)22(20-10)9-17(24)21-8-13(23)7-16(21)12-3-4-14(18)15(19)6-12/h3-6,13,16,23H,7-9H2,1-2H3/t13-,16-/m0/s1. The second kappa shape index (κ2) is 6.32. The molecule has 0 unspecified atom stereocenters. The minimum Gasteiger partial charge on any atom is -0.391 e. The largest absolute Gasteiger partial charge is 0.391 e. The Hall–Kier alpha value is -2.28. The van der Waals surface area contributed by atoms with Crippen LogP contribution in [0, 0.1) is 25.5 Å². The third kappa shape index (κ3) is 3.17. The Balaban J connectivity index is 1.83. The fourth-order valence-electron chi connectivity index (χ4n) is 3.18. The number of rotatable bonds is 3. The van der Waals surface area contributed by atoms with Crippen LogP contribution < -0.4 is 0 Å². The number of halogens is 2. The van der Waals surface area contributed by atoms with E-state index in [2.05, 4.69) is 5.10 Å². The molecule has 1 aromatic carbocycles. The van der Waals surface area contributed by atoms with Crippen LogP contribution in [0.25, 0.3) is 0 Å². The molecule has 0 aliphatic carbocycles. The molecule has 3 rings (SSSR count). The van der Waals surface area contributed by atoms with Gasteiger partial charge in [0.15, 0.2) is 11.6 Å². The van der Waals surface area contributed by atoms with Crippen LogP contribution >= 0.6 is 0 Å². The lowest BCUT2D eigenvalue weighted by atomic mass is 10.0. The van der Waals surface area contributed by atoms with Gasteiger partial charge in [0.1, 0.15) is 6.54 Å². The van der Waals surface area contributed by atoms with Crippen LogP contribution in [-0.4, -0.2) is 38.3 Å². The average Bonchev–Trinajstić information content (AvgIpc) is 3.04. The van der Waals surface area contributed by atoms with Crippen LogP contribution in [0.2, 0.25) is 0 Å². The van der Waals surface area contributed by atoms with E-state index in [0.29, 0.717) is 12.0 Å². The molecule has 2 atom stereocenters. The average molecular weight is 335 g/mol. The lowest BCUT2D eigenvalue weighted by Gasteiger charge is -2.25. The number of aliphatic hydroxyl groups excluding tert-OH is 1. The Morgan fingerprint density at radius 1 is 1.29 bits per heavy atom. The van der Waals surface area contributed by atoms with Crippen molar-refractivity contribution in [3.63, 3.8) is 0 Å². The number of benzene rings is 1. The summed E-state index contributed by atoms with van der Waals surface area (Å²) in [6.45, 7) is 3.92. The van der Waals surface area contributed by atoms with E-state index in [1.807, 2.05) is 19.9 Å². The molecule has 24 heavy (non-hydrogen) atoms. The van der Waals surface area contributed by atoms with Gasteiger partial charge in [-0.25, -0.2) is 8.78 Å². The molecule has 2 aromatic rings. The summed E-state index contributed by atoms with van der Waals surface area (Å²) >= 11 is 0. The second-order valence-corrected chi connectivity index (χ2v) is 6.21. The molecule has 1 aromatic heterocycles. The van der Waals surface area contributed by atoms with Crippen molar-refractivity contribution in [2.75, 3.05) is 6.54 Å². The fraction of sp³-hybridized carbons (Fsp3) is 0.412. The lowest BCUT2D eigenvalue weighted by molar-refractivity contribution is -0.133. The molecule has 1 aliphatic heterocycles. The summed E-state index contributed by atoms with van der Waals surface area (Å²) in [7, 11) is 0. The monoisotopic (exact) mass is 335 g/mol. The highest BCUT2D eigenvalue weighted by atomic mass is 19.2. The molecule has 2 heterocycles. The minimum atomic E-state index is -0.958. The molecule has 1 saturated heterocycles. The predicted octanol–water partition coefficient (Wildman–Crippen LogP) is 2.11. The SMILES string of the molecule is Cc1cc(C)n(CC(=O)N2C[C@@H](O)C[C@H]2c2ccc(F)c(F)c2)n1.